The third kappa shape index (κ3) is 3.54. The highest BCUT2D eigenvalue weighted by Gasteiger charge is 2.30. The normalized spacial score (nSPS) is 24.1. The lowest BCUT2D eigenvalue weighted by Gasteiger charge is -2.28. The summed E-state index contributed by atoms with van der Waals surface area (Å²) in [5.41, 5.74) is 2.36. The number of rotatable bonds is 3. The average molecular weight is 302 g/mol. The first-order chi connectivity index (χ1) is 8.88. The lowest BCUT2D eigenvalue weighted by molar-refractivity contribution is 0.0931. The molecule has 0 aliphatic heterocycles. The van der Waals surface area contributed by atoms with Gasteiger partial charge in [-0.3, -0.25) is 4.79 Å². The number of carbonyl (C=O) groups excluding carboxylic acids is 1. The van der Waals surface area contributed by atoms with Crippen molar-refractivity contribution >= 4 is 27.1 Å². The Morgan fingerprint density at radius 1 is 1.47 bits per heavy atom. The number of nitrogens with one attached hydrogen (secondary N) is 1. The number of hydrogen-bond donors (Lipinski definition) is 1. The van der Waals surface area contributed by atoms with Crippen LogP contribution in [0.1, 0.15) is 41.0 Å². The van der Waals surface area contributed by atoms with Crippen molar-refractivity contribution in [2.24, 2.45) is 0 Å². The van der Waals surface area contributed by atoms with Gasteiger partial charge in [0.15, 0.2) is 0 Å². The van der Waals surface area contributed by atoms with Crippen LogP contribution in [0.5, 0.6) is 0 Å². The van der Waals surface area contributed by atoms with Crippen LogP contribution in [0.4, 0.5) is 0 Å². The minimum absolute atomic E-state index is 0.0533. The highest BCUT2D eigenvalue weighted by atomic mass is 32.2. The number of aryl methyl sites for hydroxylation is 1. The van der Waals surface area contributed by atoms with Crippen LogP contribution in [0, 0.1) is 6.92 Å². The summed E-state index contributed by atoms with van der Waals surface area (Å²) in [6.07, 6.45) is 4.17. The molecule has 7 heteroatoms. The van der Waals surface area contributed by atoms with E-state index in [0.717, 1.165) is 18.5 Å². The van der Waals surface area contributed by atoms with Gasteiger partial charge in [-0.1, -0.05) is 6.42 Å². The third-order valence-corrected chi connectivity index (χ3v) is 6.09. The smallest absolute Gasteiger partial charge is 0.263 e. The van der Waals surface area contributed by atoms with E-state index in [0.29, 0.717) is 17.7 Å². The summed E-state index contributed by atoms with van der Waals surface area (Å²) in [7, 11) is -3.02. The summed E-state index contributed by atoms with van der Waals surface area (Å²) in [6.45, 7) is 1.80. The molecule has 1 heterocycles. The number of sulfone groups is 1. The first-order valence-corrected chi connectivity index (χ1v) is 9.11. The molecule has 1 N–H and O–H groups in total. The fourth-order valence-corrected chi connectivity index (χ4v) is 4.32. The van der Waals surface area contributed by atoms with E-state index >= 15 is 0 Å². The Bertz CT molecular complexity index is 565. The van der Waals surface area contributed by atoms with Gasteiger partial charge in [0.25, 0.3) is 5.91 Å². The molecule has 0 bridgehead atoms. The van der Waals surface area contributed by atoms with E-state index in [9.17, 15) is 13.2 Å². The Balaban J connectivity index is 2.00. The molecule has 2 atom stereocenters. The number of amides is 1. The third-order valence-electron chi connectivity index (χ3n) is 3.52. The van der Waals surface area contributed by atoms with Gasteiger partial charge in [-0.15, -0.1) is 11.3 Å². The number of hydrogen-bond acceptors (Lipinski definition) is 5. The molecule has 1 aliphatic carbocycles. The molecule has 2 rings (SSSR count). The van der Waals surface area contributed by atoms with Gasteiger partial charge < -0.3 is 5.32 Å². The molecule has 1 aromatic rings. The molecule has 5 nitrogen and oxygen atoms in total. The van der Waals surface area contributed by atoms with E-state index in [1.165, 1.54) is 17.6 Å². The topological polar surface area (TPSA) is 76.1 Å². The minimum atomic E-state index is -3.02. The van der Waals surface area contributed by atoms with Crippen molar-refractivity contribution < 1.29 is 13.2 Å². The molecule has 0 spiro atoms. The molecule has 0 unspecified atom stereocenters. The molecule has 1 amide bonds. The molecule has 1 aliphatic rings. The number of nitrogens with zero attached hydrogens (tertiary/aromatic N) is 1. The molecule has 106 valence electrons. The molecule has 0 radical (unpaired) electrons. The van der Waals surface area contributed by atoms with Gasteiger partial charge in [0.05, 0.1) is 16.5 Å². The van der Waals surface area contributed by atoms with E-state index in [1.807, 2.05) is 0 Å². The van der Waals surface area contributed by atoms with Crippen LogP contribution in [0.15, 0.2) is 5.51 Å². The monoisotopic (exact) mass is 302 g/mol. The van der Waals surface area contributed by atoms with Gasteiger partial charge in [-0.25, -0.2) is 13.4 Å². The summed E-state index contributed by atoms with van der Waals surface area (Å²) in [6, 6.07) is -0.0533. The Morgan fingerprint density at radius 2 is 2.21 bits per heavy atom. The maximum Gasteiger partial charge on any atom is 0.263 e. The fraction of sp³-hybridized carbons (Fsp3) is 0.667. The Kier molecular flexibility index (Phi) is 4.25. The first kappa shape index (κ1) is 14.5. The molecule has 1 saturated carbocycles. The van der Waals surface area contributed by atoms with Crippen LogP contribution in [-0.4, -0.2) is 36.9 Å². The van der Waals surface area contributed by atoms with Crippen molar-refractivity contribution in [2.75, 3.05) is 6.26 Å². The van der Waals surface area contributed by atoms with Crippen LogP contribution in [0.3, 0.4) is 0 Å². The molecule has 0 saturated heterocycles. The van der Waals surface area contributed by atoms with Crippen LogP contribution < -0.4 is 5.32 Å². The fourth-order valence-electron chi connectivity index (χ4n) is 2.44. The summed E-state index contributed by atoms with van der Waals surface area (Å²) >= 11 is 1.31. The number of thiazole rings is 1. The quantitative estimate of drug-likeness (QED) is 0.919. The Morgan fingerprint density at radius 3 is 2.79 bits per heavy atom. The van der Waals surface area contributed by atoms with E-state index in [2.05, 4.69) is 10.3 Å². The molecular weight excluding hydrogens is 284 g/mol. The first-order valence-electron chi connectivity index (χ1n) is 6.27. The standard InChI is InChI=1S/C12H18N2O3S2/c1-8-11(18-7-13-8)12(15)14-9-4-3-5-10(6-9)19(2,16)17/h7,9-10H,3-6H2,1-2H3,(H,14,15)/t9-,10+/m1/s1. The highest BCUT2D eigenvalue weighted by molar-refractivity contribution is 7.91. The molecule has 19 heavy (non-hydrogen) atoms. The Hall–Kier alpha value is -0.950. The van der Waals surface area contributed by atoms with Crippen molar-refractivity contribution in [3.8, 4) is 0 Å². The van der Waals surface area contributed by atoms with Crippen LogP contribution >= 0.6 is 11.3 Å². The SMILES string of the molecule is Cc1ncsc1C(=O)N[C@@H]1CCC[C@H](S(C)(=O)=O)C1. The van der Waals surface area contributed by atoms with Crippen molar-refractivity contribution in [3.05, 3.63) is 16.1 Å². The van der Waals surface area contributed by atoms with E-state index in [1.54, 1.807) is 12.4 Å². The maximum atomic E-state index is 12.1. The Labute approximate surface area is 117 Å². The number of aromatic nitrogens is 1. The zero-order valence-electron chi connectivity index (χ0n) is 11.0. The summed E-state index contributed by atoms with van der Waals surface area (Å²) in [4.78, 5) is 16.7. The van der Waals surface area contributed by atoms with Crippen molar-refractivity contribution in [1.82, 2.24) is 10.3 Å². The molecule has 1 aromatic heterocycles. The van der Waals surface area contributed by atoms with Crippen LogP contribution in [-0.2, 0) is 9.84 Å². The average Bonchev–Trinajstić information content (AvgIpc) is 2.75. The predicted molar refractivity (Wildman–Crippen MR) is 75.2 cm³/mol. The molecular formula is C12H18N2O3S2. The molecule has 0 aromatic carbocycles. The maximum absolute atomic E-state index is 12.1. The van der Waals surface area contributed by atoms with Crippen LogP contribution in [0.25, 0.3) is 0 Å². The van der Waals surface area contributed by atoms with E-state index in [-0.39, 0.29) is 17.2 Å². The summed E-state index contributed by atoms with van der Waals surface area (Å²) < 4.78 is 23.2. The highest BCUT2D eigenvalue weighted by Crippen LogP contribution is 2.24. The second-order valence-electron chi connectivity index (χ2n) is 5.06. The van der Waals surface area contributed by atoms with Gasteiger partial charge in [0.2, 0.25) is 0 Å². The largest absolute Gasteiger partial charge is 0.349 e. The van der Waals surface area contributed by atoms with Gasteiger partial charge in [-0.2, -0.15) is 0 Å². The van der Waals surface area contributed by atoms with Gasteiger partial charge in [0.1, 0.15) is 14.7 Å². The minimum Gasteiger partial charge on any atom is -0.349 e. The summed E-state index contributed by atoms with van der Waals surface area (Å²) in [5, 5.41) is 2.61. The second kappa shape index (κ2) is 5.58. The summed E-state index contributed by atoms with van der Waals surface area (Å²) in [5.74, 6) is -0.140. The number of carbonyl (C=O) groups is 1. The zero-order chi connectivity index (χ0) is 14.0. The molecule has 1 fully saturated rings. The van der Waals surface area contributed by atoms with Gasteiger partial charge in [0, 0.05) is 12.3 Å². The second-order valence-corrected chi connectivity index (χ2v) is 8.24. The lowest BCUT2D eigenvalue weighted by atomic mass is 9.95. The van der Waals surface area contributed by atoms with E-state index < -0.39 is 9.84 Å². The van der Waals surface area contributed by atoms with Crippen LogP contribution in [0.2, 0.25) is 0 Å². The van der Waals surface area contributed by atoms with Crippen molar-refractivity contribution in [1.29, 1.82) is 0 Å². The van der Waals surface area contributed by atoms with Crippen molar-refractivity contribution in [2.45, 2.75) is 43.9 Å². The van der Waals surface area contributed by atoms with Crippen molar-refractivity contribution in [3.63, 3.8) is 0 Å². The van der Waals surface area contributed by atoms with Gasteiger partial charge >= 0.3 is 0 Å². The van der Waals surface area contributed by atoms with Gasteiger partial charge in [-0.05, 0) is 26.2 Å². The predicted octanol–water partition coefficient (Wildman–Crippen LogP) is 1.54. The zero-order valence-corrected chi connectivity index (χ0v) is 12.7. The lowest BCUT2D eigenvalue weighted by Crippen LogP contribution is -2.41. The van der Waals surface area contributed by atoms with E-state index in [4.69, 9.17) is 0 Å².